The van der Waals surface area contributed by atoms with Crippen molar-refractivity contribution in [1.82, 2.24) is 4.98 Å². The van der Waals surface area contributed by atoms with Crippen LogP contribution in [0.1, 0.15) is 26.3 Å². The van der Waals surface area contributed by atoms with E-state index in [0.29, 0.717) is 10.9 Å². The van der Waals surface area contributed by atoms with E-state index in [2.05, 4.69) is 9.38 Å². The molecule has 0 radical (unpaired) electrons. The molecule has 6 heteroatoms. The summed E-state index contributed by atoms with van der Waals surface area (Å²) in [6.45, 7) is 5.65. The molecule has 4 nitrogen and oxygen atoms in total. The largest absolute Gasteiger partial charge is 0.591 e. The topological polar surface area (TPSA) is 57.5 Å². The molecular formula is C15H17ClN2O2S. The molecular weight excluding hydrogens is 308 g/mol. The van der Waals surface area contributed by atoms with Gasteiger partial charge in [-0.15, -0.1) is 0 Å². The van der Waals surface area contributed by atoms with Gasteiger partial charge in [0, 0.05) is 17.1 Å². The van der Waals surface area contributed by atoms with Crippen molar-refractivity contribution in [3.05, 3.63) is 35.1 Å². The highest BCUT2D eigenvalue weighted by molar-refractivity contribution is 7.91. The molecule has 0 bridgehead atoms. The molecule has 0 spiro atoms. The summed E-state index contributed by atoms with van der Waals surface area (Å²) >= 11 is 4.66. The maximum absolute atomic E-state index is 12.0. The van der Waals surface area contributed by atoms with Gasteiger partial charge in [0.25, 0.3) is 0 Å². The number of pyridine rings is 1. The Morgan fingerprint density at radius 1 is 1.33 bits per heavy atom. The summed E-state index contributed by atoms with van der Waals surface area (Å²) in [5, 5.41) is 2.10. The summed E-state index contributed by atoms with van der Waals surface area (Å²) in [6.07, 6.45) is 3.27. The van der Waals surface area contributed by atoms with Gasteiger partial charge in [0.15, 0.2) is 0 Å². The van der Waals surface area contributed by atoms with Gasteiger partial charge in [-0.2, -0.15) is 0 Å². The number of nitrogens with zero attached hydrogens (tertiary/aromatic N) is 2. The number of hydrogen-bond donors (Lipinski definition) is 0. The highest BCUT2D eigenvalue weighted by Gasteiger charge is 2.25. The molecule has 1 atom stereocenters. The summed E-state index contributed by atoms with van der Waals surface area (Å²) in [7, 11) is 1.60. The summed E-state index contributed by atoms with van der Waals surface area (Å²) in [5.41, 5.74) is 0.827. The quantitative estimate of drug-likeness (QED) is 0.490. The molecule has 21 heavy (non-hydrogen) atoms. The minimum atomic E-state index is -1.30. The van der Waals surface area contributed by atoms with Crippen molar-refractivity contribution in [2.75, 3.05) is 7.11 Å². The molecule has 2 aromatic rings. The first-order chi connectivity index (χ1) is 9.82. The Balaban J connectivity index is 2.50. The normalized spacial score (nSPS) is 13.8. The van der Waals surface area contributed by atoms with Crippen molar-refractivity contribution in [1.29, 1.82) is 0 Å². The van der Waals surface area contributed by atoms with Crippen LogP contribution >= 0.6 is 11.6 Å². The van der Waals surface area contributed by atoms with Crippen LogP contribution in [0.3, 0.4) is 0 Å². The smallest absolute Gasteiger partial charge is 0.144 e. The van der Waals surface area contributed by atoms with E-state index in [1.807, 2.05) is 32.9 Å². The van der Waals surface area contributed by atoms with Crippen LogP contribution in [0.4, 0.5) is 0 Å². The highest BCUT2D eigenvalue weighted by Crippen LogP contribution is 2.29. The van der Waals surface area contributed by atoms with Crippen molar-refractivity contribution in [3.8, 4) is 5.75 Å². The fraction of sp³-hybridized carbons (Fsp3) is 0.333. The zero-order valence-corrected chi connectivity index (χ0v) is 14.0. The van der Waals surface area contributed by atoms with Crippen molar-refractivity contribution < 1.29 is 9.29 Å². The maximum Gasteiger partial charge on any atom is 0.144 e. The molecule has 2 rings (SSSR count). The molecule has 0 fully saturated rings. The predicted octanol–water partition coefficient (Wildman–Crippen LogP) is 3.78. The maximum atomic E-state index is 12.0. The van der Waals surface area contributed by atoms with Gasteiger partial charge in [-0.1, -0.05) is 16.0 Å². The molecule has 112 valence electrons. The van der Waals surface area contributed by atoms with E-state index in [1.165, 1.54) is 0 Å². The van der Waals surface area contributed by atoms with Crippen LogP contribution in [0.5, 0.6) is 5.75 Å². The molecule has 0 amide bonds. The third-order valence-corrected chi connectivity index (χ3v) is 4.44. The van der Waals surface area contributed by atoms with Gasteiger partial charge in [0.1, 0.15) is 27.0 Å². The molecule has 0 aliphatic heterocycles. The summed E-state index contributed by atoms with van der Waals surface area (Å²) in [5.74, 6) is 0.711. The second-order valence-electron chi connectivity index (χ2n) is 5.51. The van der Waals surface area contributed by atoms with Crippen LogP contribution in [-0.4, -0.2) is 27.6 Å². The molecule has 0 aliphatic rings. The van der Waals surface area contributed by atoms with E-state index in [4.69, 9.17) is 16.3 Å². The van der Waals surface area contributed by atoms with E-state index in [1.54, 1.807) is 25.6 Å². The lowest BCUT2D eigenvalue weighted by molar-refractivity contribution is 0.419. The average molecular weight is 325 g/mol. The van der Waals surface area contributed by atoms with E-state index >= 15 is 0 Å². The fourth-order valence-corrected chi connectivity index (χ4v) is 2.45. The second-order valence-corrected chi connectivity index (χ2v) is 7.83. The highest BCUT2D eigenvalue weighted by atomic mass is 35.5. The van der Waals surface area contributed by atoms with Gasteiger partial charge < -0.3 is 9.29 Å². The van der Waals surface area contributed by atoms with Crippen LogP contribution in [-0.2, 0) is 11.4 Å². The minimum Gasteiger partial charge on any atom is -0.591 e. The Kier molecular flexibility index (Phi) is 4.76. The first-order valence-corrected chi connectivity index (χ1v) is 7.89. The van der Waals surface area contributed by atoms with E-state index in [9.17, 15) is 4.55 Å². The number of fused-ring (bicyclic) bond motifs is 1. The number of ether oxygens (including phenoxy) is 1. The standard InChI is InChI=1S/C15H17ClN2O2S/c1-15(2,3)21(19)18-8-10-5-6-13(20-4)12-9-17-14(16)7-11(10)12/h5-9H,1-4H3. The Bertz CT molecular complexity index is 683. The Labute approximate surface area is 132 Å². The molecule has 1 unspecified atom stereocenters. The molecule has 0 saturated heterocycles. The number of benzene rings is 1. The first kappa shape index (κ1) is 16.1. The van der Waals surface area contributed by atoms with Crippen molar-refractivity contribution >= 4 is 39.9 Å². The number of hydrogen-bond acceptors (Lipinski definition) is 4. The Hall–Kier alpha value is -1.30. The zero-order valence-electron chi connectivity index (χ0n) is 12.4. The molecule has 1 heterocycles. The zero-order chi connectivity index (χ0) is 15.6. The number of aromatic nitrogens is 1. The van der Waals surface area contributed by atoms with Crippen LogP contribution in [0.2, 0.25) is 5.15 Å². The lowest BCUT2D eigenvalue weighted by Gasteiger charge is -2.17. The van der Waals surface area contributed by atoms with Gasteiger partial charge in [-0.25, -0.2) is 4.98 Å². The van der Waals surface area contributed by atoms with Crippen LogP contribution in [0, 0.1) is 0 Å². The number of methoxy groups -OCH3 is 1. The lowest BCUT2D eigenvalue weighted by Crippen LogP contribution is -2.25. The van der Waals surface area contributed by atoms with E-state index in [0.717, 1.165) is 16.3 Å². The third-order valence-electron chi connectivity index (χ3n) is 2.89. The third kappa shape index (κ3) is 3.67. The van der Waals surface area contributed by atoms with Gasteiger partial charge in [-0.05, 0) is 44.4 Å². The van der Waals surface area contributed by atoms with Crippen LogP contribution in [0.15, 0.2) is 28.8 Å². The van der Waals surface area contributed by atoms with Crippen molar-refractivity contribution in [3.63, 3.8) is 0 Å². The van der Waals surface area contributed by atoms with Crippen molar-refractivity contribution in [2.45, 2.75) is 25.5 Å². The predicted molar refractivity (Wildman–Crippen MR) is 88.8 cm³/mol. The fourth-order valence-electron chi connectivity index (χ4n) is 1.76. The van der Waals surface area contributed by atoms with Crippen LogP contribution < -0.4 is 4.74 Å². The summed E-state index contributed by atoms with van der Waals surface area (Å²) in [4.78, 5) is 4.07. The van der Waals surface area contributed by atoms with Crippen LogP contribution in [0.25, 0.3) is 10.8 Å². The Morgan fingerprint density at radius 3 is 2.67 bits per heavy atom. The van der Waals surface area contributed by atoms with Gasteiger partial charge >= 0.3 is 0 Å². The molecule has 0 N–H and O–H groups in total. The lowest BCUT2D eigenvalue weighted by atomic mass is 10.1. The summed E-state index contributed by atoms with van der Waals surface area (Å²) < 4.78 is 21.1. The second kappa shape index (κ2) is 6.22. The first-order valence-electron chi connectivity index (χ1n) is 6.41. The molecule has 1 aromatic carbocycles. The Morgan fingerprint density at radius 2 is 2.05 bits per heavy atom. The SMILES string of the molecule is COc1ccc(C=N[S+]([O-])C(C)(C)C)c2cc(Cl)ncc12. The number of rotatable bonds is 3. The molecule has 1 aromatic heterocycles. The average Bonchev–Trinajstić information content (AvgIpc) is 2.43. The summed E-state index contributed by atoms with van der Waals surface area (Å²) in [6, 6.07) is 5.45. The number of halogens is 1. The minimum absolute atomic E-state index is 0.391. The molecule has 0 saturated carbocycles. The van der Waals surface area contributed by atoms with E-state index < -0.39 is 16.1 Å². The van der Waals surface area contributed by atoms with Gasteiger partial charge in [0.05, 0.1) is 13.3 Å². The van der Waals surface area contributed by atoms with Gasteiger partial charge in [-0.3, -0.25) is 0 Å². The van der Waals surface area contributed by atoms with Gasteiger partial charge in [0.2, 0.25) is 0 Å². The monoisotopic (exact) mass is 324 g/mol. The van der Waals surface area contributed by atoms with E-state index in [-0.39, 0.29) is 0 Å². The van der Waals surface area contributed by atoms with Crippen molar-refractivity contribution in [2.24, 2.45) is 4.40 Å². The molecule has 0 aliphatic carbocycles.